The van der Waals surface area contributed by atoms with Gasteiger partial charge in [-0.1, -0.05) is 11.6 Å². The summed E-state index contributed by atoms with van der Waals surface area (Å²) in [6.45, 7) is 3.44. The summed E-state index contributed by atoms with van der Waals surface area (Å²) in [5.74, 6) is -0.180. The maximum absolute atomic E-state index is 13.8. The molecule has 0 unspecified atom stereocenters. The molecule has 1 aromatic carbocycles. The largest absolute Gasteiger partial charge is 0.269 e. The Bertz CT molecular complexity index is 884. The molecule has 7 heteroatoms. The normalized spacial score (nSPS) is 11.2. The molecule has 0 aliphatic carbocycles. The molecule has 0 atom stereocenters. The number of nitrogens with zero attached hydrogens (tertiary/aromatic N) is 4. The van der Waals surface area contributed by atoms with Crippen LogP contribution in [-0.2, 0) is 0 Å². The number of fused-ring (bicyclic) bond motifs is 1. The molecule has 0 saturated carbocycles. The van der Waals surface area contributed by atoms with Crippen molar-refractivity contribution in [2.24, 2.45) is 0 Å². The van der Waals surface area contributed by atoms with Crippen LogP contribution in [0.5, 0.6) is 0 Å². The third-order valence-corrected chi connectivity index (χ3v) is 3.51. The van der Waals surface area contributed by atoms with Crippen molar-refractivity contribution in [1.29, 1.82) is 0 Å². The maximum Gasteiger partial charge on any atom is 0.262 e. The molecule has 20 heavy (non-hydrogen) atoms. The van der Waals surface area contributed by atoms with E-state index >= 15 is 0 Å². The van der Waals surface area contributed by atoms with Crippen LogP contribution in [0.1, 0.15) is 11.4 Å². The van der Waals surface area contributed by atoms with Gasteiger partial charge in [-0.05, 0) is 37.6 Å². The monoisotopic (exact) mass is 292 g/mol. The first-order chi connectivity index (χ1) is 9.49. The molecular weight excluding hydrogens is 283 g/mol. The van der Waals surface area contributed by atoms with E-state index < -0.39 is 11.5 Å². The number of hydrogen-bond acceptors (Lipinski definition) is 3. The van der Waals surface area contributed by atoms with Crippen LogP contribution in [0.4, 0.5) is 4.39 Å². The molecule has 5 nitrogen and oxygen atoms in total. The Morgan fingerprint density at radius 1 is 1.20 bits per heavy atom. The van der Waals surface area contributed by atoms with Gasteiger partial charge in [-0.3, -0.25) is 4.79 Å². The van der Waals surface area contributed by atoms with Crippen molar-refractivity contribution < 1.29 is 4.39 Å². The van der Waals surface area contributed by atoms with Crippen molar-refractivity contribution in [2.45, 2.75) is 13.8 Å². The molecule has 2 aromatic heterocycles. The molecule has 0 radical (unpaired) electrons. The van der Waals surface area contributed by atoms with E-state index in [4.69, 9.17) is 11.6 Å². The molecule has 0 aliphatic heterocycles. The average molecular weight is 293 g/mol. The minimum atomic E-state index is -0.686. The Morgan fingerprint density at radius 2 is 1.95 bits per heavy atom. The van der Waals surface area contributed by atoms with Crippen LogP contribution in [0.2, 0.25) is 5.02 Å². The molecule has 0 fully saturated rings. The third-order valence-electron chi connectivity index (χ3n) is 3.08. The van der Waals surface area contributed by atoms with Gasteiger partial charge in [-0.2, -0.15) is 4.39 Å². The van der Waals surface area contributed by atoms with E-state index in [9.17, 15) is 9.18 Å². The van der Waals surface area contributed by atoms with Gasteiger partial charge in [0.2, 0.25) is 11.7 Å². The summed E-state index contributed by atoms with van der Waals surface area (Å²) >= 11 is 5.97. The predicted molar refractivity (Wildman–Crippen MR) is 73.0 cm³/mol. The van der Waals surface area contributed by atoms with Crippen LogP contribution in [0.15, 0.2) is 29.1 Å². The number of hydrogen-bond donors (Lipinski definition) is 0. The summed E-state index contributed by atoms with van der Waals surface area (Å²) in [6, 6.07) is 6.01. The number of benzene rings is 1. The lowest BCUT2D eigenvalue weighted by Gasteiger charge is -2.09. The van der Waals surface area contributed by atoms with Crippen LogP contribution in [0, 0.1) is 19.8 Å². The van der Waals surface area contributed by atoms with Crippen LogP contribution >= 0.6 is 11.6 Å². The van der Waals surface area contributed by atoms with E-state index in [1.165, 1.54) is 8.97 Å². The highest BCUT2D eigenvalue weighted by atomic mass is 35.5. The fraction of sp³-hybridized carbons (Fsp3) is 0.154. The summed E-state index contributed by atoms with van der Waals surface area (Å²) in [6.07, 6.45) is 0. The average Bonchev–Trinajstić information content (AvgIpc) is 2.76. The van der Waals surface area contributed by atoms with Gasteiger partial charge in [-0.15, -0.1) is 10.2 Å². The lowest BCUT2D eigenvalue weighted by Crippen LogP contribution is -2.22. The van der Waals surface area contributed by atoms with Crippen molar-refractivity contribution in [2.75, 3.05) is 0 Å². The van der Waals surface area contributed by atoms with Gasteiger partial charge in [0.15, 0.2) is 0 Å². The Labute approximate surface area is 118 Å². The van der Waals surface area contributed by atoms with Gasteiger partial charge in [0.05, 0.1) is 11.8 Å². The van der Waals surface area contributed by atoms with Gasteiger partial charge in [0.25, 0.3) is 5.56 Å². The highest BCUT2D eigenvalue weighted by Gasteiger charge is 2.14. The summed E-state index contributed by atoms with van der Waals surface area (Å²) in [5.41, 5.74) is 0.869. The summed E-state index contributed by atoms with van der Waals surface area (Å²) in [4.78, 5) is 12.1. The van der Waals surface area contributed by atoms with Crippen molar-refractivity contribution in [3.05, 3.63) is 57.0 Å². The first kappa shape index (κ1) is 12.8. The maximum atomic E-state index is 13.8. The van der Waals surface area contributed by atoms with Crippen molar-refractivity contribution >= 4 is 17.4 Å². The summed E-state index contributed by atoms with van der Waals surface area (Å²) in [7, 11) is 0. The second-order valence-corrected chi connectivity index (χ2v) is 4.86. The highest BCUT2D eigenvalue weighted by molar-refractivity contribution is 6.31. The fourth-order valence-electron chi connectivity index (χ4n) is 2.09. The standard InChI is InChI=1S/C13H10ClFN4O/c1-7-5-9(3-4-10(7)14)19-12(20)6-11(15)18-8(2)16-17-13(18)19/h3-6H,1-2H3. The molecule has 3 aromatic rings. The zero-order chi connectivity index (χ0) is 14.4. The number of aromatic nitrogens is 4. The lowest BCUT2D eigenvalue weighted by molar-refractivity contribution is 0.552. The zero-order valence-electron chi connectivity index (χ0n) is 10.8. The molecule has 0 saturated heterocycles. The van der Waals surface area contributed by atoms with Crippen molar-refractivity contribution in [3.63, 3.8) is 0 Å². The first-order valence-corrected chi connectivity index (χ1v) is 6.26. The van der Waals surface area contributed by atoms with Gasteiger partial charge < -0.3 is 0 Å². The molecule has 102 valence electrons. The van der Waals surface area contributed by atoms with E-state index in [1.54, 1.807) is 25.1 Å². The Kier molecular flexibility index (Phi) is 2.83. The van der Waals surface area contributed by atoms with Crippen LogP contribution < -0.4 is 5.56 Å². The minimum absolute atomic E-state index is 0.134. The molecule has 0 amide bonds. The summed E-state index contributed by atoms with van der Waals surface area (Å²) in [5, 5.41) is 8.28. The molecule has 0 spiro atoms. The van der Waals surface area contributed by atoms with Gasteiger partial charge in [0, 0.05) is 5.02 Å². The van der Waals surface area contributed by atoms with Crippen molar-refractivity contribution in [3.8, 4) is 5.69 Å². The van der Waals surface area contributed by atoms with Crippen LogP contribution in [0.3, 0.4) is 0 Å². The number of aryl methyl sites for hydroxylation is 2. The minimum Gasteiger partial charge on any atom is -0.269 e. The van der Waals surface area contributed by atoms with E-state index in [2.05, 4.69) is 10.2 Å². The Balaban J connectivity index is 2.41. The van der Waals surface area contributed by atoms with Crippen molar-refractivity contribution in [1.82, 2.24) is 19.2 Å². The van der Waals surface area contributed by atoms with Gasteiger partial charge in [-0.25, -0.2) is 8.97 Å². The molecule has 2 heterocycles. The lowest BCUT2D eigenvalue weighted by atomic mass is 10.2. The molecule has 0 aliphatic rings. The van der Waals surface area contributed by atoms with E-state index in [-0.39, 0.29) is 5.78 Å². The fourth-order valence-corrected chi connectivity index (χ4v) is 2.20. The number of halogens is 2. The topological polar surface area (TPSA) is 52.2 Å². The number of rotatable bonds is 1. The highest BCUT2D eigenvalue weighted by Crippen LogP contribution is 2.19. The second-order valence-electron chi connectivity index (χ2n) is 4.46. The van der Waals surface area contributed by atoms with Gasteiger partial charge in [0.1, 0.15) is 5.82 Å². The SMILES string of the molecule is Cc1cc(-n2c(=O)cc(F)n3c(C)nnc23)ccc1Cl. The quantitative estimate of drug-likeness (QED) is 0.647. The predicted octanol–water partition coefficient (Wildman–Crippen LogP) is 2.29. The van der Waals surface area contributed by atoms with E-state index in [0.717, 1.165) is 11.6 Å². The second kappa shape index (κ2) is 4.42. The Hall–Kier alpha value is -2.21. The molecule has 0 N–H and O–H groups in total. The van der Waals surface area contributed by atoms with E-state index in [0.29, 0.717) is 16.5 Å². The van der Waals surface area contributed by atoms with Crippen LogP contribution in [-0.4, -0.2) is 19.2 Å². The molecular formula is C13H10ClFN4O. The third kappa shape index (κ3) is 1.80. The van der Waals surface area contributed by atoms with Crippen LogP contribution in [0.25, 0.3) is 11.5 Å². The molecule has 3 rings (SSSR count). The summed E-state index contributed by atoms with van der Waals surface area (Å²) < 4.78 is 16.3. The van der Waals surface area contributed by atoms with Gasteiger partial charge >= 0.3 is 0 Å². The zero-order valence-corrected chi connectivity index (χ0v) is 11.5. The smallest absolute Gasteiger partial charge is 0.262 e. The Morgan fingerprint density at radius 3 is 2.65 bits per heavy atom. The molecule has 0 bridgehead atoms. The first-order valence-electron chi connectivity index (χ1n) is 5.89. The van der Waals surface area contributed by atoms with E-state index in [1.807, 2.05) is 6.92 Å².